The van der Waals surface area contributed by atoms with Crippen LogP contribution in [0.5, 0.6) is 0 Å². The normalized spacial score (nSPS) is 12.4. The molecular weight excluding hydrogens is 234 g/mol. The first kappa shape index (κ1) is 14.5. The highest BCUT2D eigenvalue weighted by atomic mass is 32.2. The topological polar surface area (TPSA) is 64.9 Å². The summed E-state index contributed by atoms with van der Waals surface area (Å²) in [5, 5.41) is 4.61. The highest BCUT2D eigenvalue weighted by Crippen LogP contribution is 2.29. The molecule has 0 atom stereocenters. The molecular formula is C12H23N3OS. The monoisotopic (exact) mass is 257 g/mol. The molecule has 5 heteroatoms. The lowest BCUT2D eigenvalue weighted by molar-refractivity contribution is 0.266. The van der Waals surface area contributed by atoms with Gasteiger partial charge in [0.1, 0.15) is 0 Å². The Bertz CT molecular complexity index is 326. The van der Waals surface area contributed by atoms with Gasteiger partial charge in [-0.05, 0) is 18.1 Å². The minimum absolute atomic E-state index is 0.145. The van der Waals surface area contributed by atoms with E-state index in [1.807, 2.05) is 11.8 Å². The summed E-state index contributed by atoms with van der Waals surface area (Å²) in [4.78, 5) is 4.49. The van der Waals surface area contributed by atoms with Crippen molar-refractivity contribution in [3.8, 4) is 0 Å². The SMILES string of the molecule is CCC(CC)(CN)c1nc(CSC(C)C)no1. The molecule has 0 saturated carbocycles. The molecule has 0 amide bonds. The largest absolute Gasteiger partial charge is 0.339 e. The van der Waals surface area contributed by atoms with Crippen LogP contribution in [0.25, 0.3) is 0 Å². The number of aromatic nitrogens is 2. The molecule has 0 aliphatic heterocycles. The van der Waals surface area contributed by atoms with Crippen LogP contribution >= 0.6 is 11.8 Å². The van der Waals surface area contributed by atoms with Crippen LogP contribution in [0.2, 0.25) is 0 Å². The third-order valence-corrected chi connectivity index (χ3v) is 4.30. The van der Waals surface area contributed by atoms with Gasteiger partial charge in [-0.2, -0.15) is 16.7 Å². The summed E-state index contributed by atoms with van der Waals surface area (Å²) in [6.07, 6.45) is 1.86. The van der Waals surface area contributed by atoms with Crippen molar-refractivity contribution >= 4 is 11.8 Å². The van der Waals surface area contributed by atoms with Crippen LogP contribution in [0.4, 0.5) is 0 Å². The standard InChI is InChI=1S/C12H23N3OS/c1-5-12(6-2,8-13)11-14-10(15-16-11)7-17-9(3)4/h9H,5-8,13H2,1-4H3. The molecule has 1 rings (SSSR count). The molecule has 0 aromatic carbocycles. The molecule has 98 valence electrons. The zero-order valence-electron chi connectivity index (χ0n) is 11.2. The molecule has 1 aromatic heterocycles. The maximum atomic E-state index is 5.86. The maximum Gasteiger partial charge on any atom is 0.234 e. The highest BCUT2D eigenvalue weighted by molar-refractivity contribution is 7.99. The van der Waals surface area contributed by atoms with Gasteiger partial charge < -0.3 is 10.3 Å². The lowest BCUT2D eigenvalue weighted by Gasteiger charge is -2.24. The smallest absolute Gasteiger partial charge is 0.234 e. The number of thioether (sulfide) groups is 1. The van der Waals surface area contributed by atoms with E-state index in [-0.39, 0.29) is 5.41 Å². The number of nitrogens with zero attached hydrogens (tertiary/aromatic N) is 2. The Morgan fingerprint density at radius 3 is 2.47 bits per heavy atom. The molecule has 17 heavy (non-hydrogen) atoms. The van der Waals surface area contributed by atoms with Crippen molar-refractivity contribution in [3.63, 3.8) is 0 Å². The molecule has 2 N–H and O–H groups in total. The second-order valence-electron chi connectivity index (χ2n) is 4.57. The summed E-state index contributed by atoms with van der Waals surface area (Å²) < 4.78 is 5.38. The Hall–Kier alpha value is -0.550. The summed E-state index contributed by atoms with van der Waals surface area (Å²) >= 11 is 1.81. The Morgan fingerprint density at radius 2 is 2.00 bits per heavy atom. The van der Waals surface area contributed by atoms with Gasteiger partial charge in [0.05, 0.1) is 11.2 Å². The van der Waals surface area contributed by atoms with Crippen LogP contribution in [0, 0.1) is 0 Å². The third-order valence-electron chi connectivity index (χ3n) is 3.21. The zero-order chi connectivity index (χ0) is 12.9. The second-order valence-corrected chi connectivity index (χ2v) is 6.13. The van der Waals surface area contributed by atoms with Gasteiger partial charge in [0.25, 0.3) is 0 Å². The second kappa shape index (κ2) is 6.40. The van der Waals surface area contributed by atoms with E-state index >= 15 is 0 Å². The minimum Gasteiger partial charge on any atom is -0.339 e. The predicted octanol–water partition coefficient (Wildman–Crippen LogP) is 2.73. The Kier molecular flexibility index (Phi) is 5.46. The first-order valence-electron chi connectivity index (χ1n) is 6.22. The highest BCUT2D eigenvalue weighted by Gasteiger charge is 2.33. The first-order chi connectivity index (χ1) is 8.07. The van der Waals surface area contributed by atoms with Gasteiger partial charge in [-0.3, -0.25) is 0 Å². The minimum atomic E-state index is -0.145. The fraction of sp³-hybridized carbons (Fsp3) is 0.833. The van der Waals surface area contributed by atoms with Gasteiger partial charge in [-0.25, -0.2) is 0 Å². The maximum absolute atomic E-state index is 5.86. The van der Waals surface area contributed by atoms with Crippen molar-refractivity contribution in [2.45, 2.75) is 57.0 Å². The van der Waals surface area contributed by atoms with Crippen LogP contribution < -0.4 is 5.73 Å². The van der Waals surface area contributed by atoms with Crippen LogP contribution in [0.1, 0.15) is 52.3 Å². The van der Waals surface area contributed by atoms with E-state index < -0.39 is 0 Å². The molecule has 0 unspecified atom stereocenters. The molecule has 1 aromatic rings. The lowest BCUT2D eigenvalue weighted by atomic mass is 9.82. The van der Waals surface area contributed by atoms with E-state index in [0.717, 1.165) is 24.4 Å². The molecule has 0 aliphatic rings. The van der Waals surface area contributed by atoms with Crippen LogP contribution in [0.3, 0.4) is 0 Å². The zero-order valence-corrected chi connectivity index (χ0v) is 12.0. The number of hydrogen-bond donors (Lipinski definition) is 1. The number of hydrogen-bond acceptors (Lipinski definition) is 5. The van der Waals surface area contributed by atoms with E-state index in [2.05, 4.69) is 37.8 Å². The average molecular weight is 257 g/mol. The molecule has 0 bridgehead atoms. The van der Waals surface area contributed by atoms with Crippen molar-refractivity contribution in [2.24, 2.45) is 5.73 Å². The van der Waals surface area contributed by atoms with Gasteiger partial charge in [-0.15, -0.1) is 0 Å². The molecule has 0 saturated heterocycles. The van der Waals surface area contributed by atoms with E-state index in [9.17, 15) is 0 Å². The van der Waals surface area contributed by atoms with Gasteiger partial charge in [0, 0.05) is 6.54 Å². The van der Waals surface area contributed by atoms with Gasteiger partial charge in [0.2, 0.25) is 5.89 Å². The number of rotatable bonds is 7. The summed E-state index contributed by atoms with van der Waals surface area (Å²) in [7, 11) is 0. The van der Waals surface area contributed by atoms with E-state index in [0.29, 0.717) is 17.7 Å². The number of nitrogens with two attached hydrogens (primary N) is 1. The summed E-state index contributed by atoms with van der Waals surface area (Å²) in [6.45, 7) is 9.10. The van der Waals surface area contributed by atoms with Gasteiger partial charge in [0.15, 0.2) is 5.82 Å². The van der Waals surface area contributed by atoms with Crippen molar-refractivity contribution < 1.29 is 4.52 Å². The first-order valence-corrected chi connectivity index (χ1v) is 7.27. The molecule has 1 heterocycles. The quantitative estimate of drug-likeness (QED) is 0.813. The molecule has 0 aliphatic carbocycles. The summed E-state index contributed by atoms with van der Waals surface area (Å²) in [5.74, 6) is 2.28. The fourth-order valence-corrected chi connectivity index (χ4v) is 2.30. The van der Waals surface area contributed by atoms with Crippen LogP contribution in [-0.4, -0.2) is 21.9 Å². The third kappa shape index (κ3) is 3.45. The predicted molar refractivity (Wildman–Crippen MR) is 72.0 cm³/mol. The van der Waals surface area contributed by atoms with E-state index in [1.54, 1.807) is 0 Å². The molecule has 4 nitrogen and oxygen atoms in total. The van der Waals surface area contributed by atoms with Gasteiger partial charge in [-0.1, -0.05) is 32.9 Å². The Balaban J connectivity index is 2.78. The van der Waals surface area contributed by atoms with Crippen molar-refractivity contribution in [2.75, 3.05) is 6.54 Å². The Labute approximate surface area is 108 Å². The van der Waals surface area contributed by atoms with E-state index in [4.69, 9.17) is 10.3 Å². The van der Waals surface area contributed by atoms with Crippen molar-refractivity contribution in [3.05, 3.63) is 11.7 Å². The van der Waals surface area contributed by atoms with Crippen molar-refractivity contribution in [1.82, 2.24) is 10.1 Å². The average Bonchev–Trinajstić information content (AvgIpc) is 2.79. The van der Waals surface area contributed by atoms with Gasteiger partial charge >= 0.3 is 0 Å². The lowest BCUT2D eigenvalue weighted by Crippen LogP contribution is -2.34. The molecule has 0 fully saturated rings. The summed E-state index contributed by atoms with van der Waals surface area (Å²) in [5.41, 5.74) is 5.71. The van der Waals surface area contributed by atoms with Crippen LogP contribution in [-0.2, 0) is 11.2 Å². The molecule has 0 spiro atoms. The Morgan fingerprint density at radius 1 is 1.35 bits per heavy atom. The van der Waals surface area contributed by atoms with Crippen molar-refractivity contribution in [1.29, 1.82) is 0 Å². The van der Waals surface area contributed by atoms with Crippen LogP contribution in [0.15, 0.2) is 4.52 Å². The fourth-order valence-electron chi connectivity index (χ4n) is 1.70. The molecule has 0 radical (unpaired) electrons. The van der Waals surface area contributed by atoms with E-state index in [1.165, 1.54) is 0 Å². The summed E-state index contributed by atoms with van der Waals surface area (Å²) in [6, 6.07) is 0.